The maximum atomic E-state index is 3.60. The molecule has 18 heavy (non-hydrogen) atoms. The van der Waals surface area contributed by atoms with Gasteiger partial charge in [0, 0.05) is 10.9 Å². The van der Waals surface area contributed by atoms with E-state index in [1.165, 1.54) is 16.9 Å². The quantitative estimate of drug-likeness (QED) is 0.800. The molecule has 96 valence electrons. The third kappa shape index (κ3) is 3.69. The fraction of sp³-hybridized carbons (Fsp3) is 0.375. The minimum atomic E-state index is 0.466. The van der Waals surface area contributed by atoms with Gasteiger partial charge in [0.15, 0.2) is 0 Å². The van der Waals surface area contributed by atoms with Crippen LogP contribution in [0.3, 0.4) is 0 Å². The van der Waals surface area contributed by atoms with Gasteiger partial charge in [-0.25, -0.2) is 0 Å². The lowest BCUT2D eigenvalue weighted by molar-refractivity contribution is 0.536. The number of benzene rings is 1. The second-order valence-electron chi connectivity index (χ2n) is 4.79. The Morgan fingerprint density at radius 2 is 1.83 bits per heavy atom. The summed E-state index contributed by atoms with van der Waals surface area (Å²) in [5.41, 5.74) is 1.43. The van der Waals surface area contributed by atoms with Crippen LogP contribution in [0.1, 0.15) is 42.7 Å². The molecule has 0 radical (unpaired) electrons. The molecule has 0 bridgehead atoms. The largest absolute Gasteiger partial charge is 0.309 e. The van der Waals surface area contributed by atoms with Crippen molar-refractivity contribution < 1.29 is 0 Å². The van der Waals surface area contributed by atoms with E-state index >= 15 is 0 Å². The molecule has 0 saturated carbocycles. The van der Waals surface area contributed by atoms with Gasteiger partial charge in [0.1, 0.15) is 0 Å². The molecule has 0 aliphatic heterocycles. The lowest BCUT2D eigenvalue weighted by Crippen LogP contribution is -2.20. The Labute approximate surface area is 114 Å². The lowest BCUT2D eigenvalue weighted by Gasteiger charge is -2.15. The summed E-state index contributed by atoms with van der Waals surface area (Å²) >= 11 is 1.82. The molecule has 0 spiro atoms. The first kappa shape index (κ1) is 13.3. The van der Waals surface area contributed by atoms with Crippen LogP contribution in [0.15, 0.2) is 47.8 Å². The molecule has 2 heteroatoms. The SMILES string of the molecule is CC(CCN[C@H](C)c1cccs1)c1ccccc1. The Bertz CT molecular complexity index is 435. The van der Waals surface area contributed by atoms with E-state index in [-0.39, 0.29) is 0 Å². The van der Waals surface area contributed by atoms with Crippen molar-refractivity contribution in [3.8, 4) is 0 Å². The third-order valence-electron chi connectivity index (χ3n) is 3.37. The average Bonchev–Trinajstić information content (AvgIpc) is 2.93. The van der Waals surface area contributed by atoms with E-state index < -0.39 is 0 Å². The molecular weight excluding hydrogens is 238 g/mol. The van der Waals surface area contributed by atoms with E-state index in [2.05, 4.69) is 67.0 Å². The van der Waals surface area contributed by atoms with Crippen LogP contribution in [0, 0.1) is 0 Å². The smallest absolute Gasteiger partial charge is 0.0386 e. The summed E-state index contributed by atoms with van der Waals surface area (Å²) in [5.74, 6) is 0.620. The predicted molar refractivity (Wildman–Crippen MR) is 80.2 cm³/mol. The Balaban J connectivity index is 1.76. The topological polar surface area (TPSA) is 12.0 Å². The van der Waals surface area contributed by atoms with Gasteiger partial charge >= 0.3 is 0 Å². The van der Waals surface area contributed by atoms with Crippen molar-refractivity contribution in [1.29, 1.82) is 0 Å². The molecular formula is C16H21NS. The monoisotopic (exact) mass is 259 g/mol. The van der Waals surface area contributed by atoms with Gasteiger partial charge in [0.25, 0.3) is 0 Å². The molecule has 1 unspecified atom stereocenters. The van der Waals surface area contributed by atoms with Crippen LogP contribution in [-0.2, 0) is 0 Å². The zero-order valence-corrected chi connectivity index (χ0v) is 11.9. The van der Waals surface area contributed by atoms with Crippen LogP contribution in [-0.4, -0.2) is 6.54 Å². The fourth-order valence-electron chi connectivity index (χ4n) is 2.10. The molecule has 2 rings (SSSR count). The molecule has 1 heterocycles. The summed E-state index contributed by atoms with van der Waals surface area (Å²) < 4.78 is 0. The zero-order valence-electron chi connectivity index (χ0n) is 11.1. The number of nitrogens with one attached hydrogen (secondary N) is 1. The number of rotatable bonds is 6. The van der Waals surface area contributed by atoms with Crippen LogP contribution in [0.4, 0.5) is 0 Å². The highest BCUT2D eigenvalue weighted by molar-refractivity contribution is 7.10. The van der Waals surface area contributed by atoms with Crippen molar-refractivity contribution in [3.63, 3.8) is 0 Å². The molecule has 0 saturated heterocycles. The van der Waals surface area contributed by atoms with Crippen molar-refractivity contribution in [2.24, 2.45) is 0 Å². The van der Waals surface area contributed by atoms with Crippen LogP contribution in [0.2, 0.25) is 0 Å². The summed E-state index contributed by atoms with van der Waals surface area (Å²) in [6, 6.07) is 15.5. The van der Waals surface area contributed by atoms with Crippen molar-refractivity contribution in [1.82, 2.24) is 5.32 Å². The zero-order chi connectivity index (χ0) is 12.8. The predicted octanol–water partition coefficient (Wildman–Crippen LogP) is 4.59. The van der Waals surface area contributed by atoms with Gasteiger partial charge in [-0.3, -0.25) is 0 Å². The van der Waals surface area contributed by atoms with E-state index in [9.17, 15) is 0 Å². The van der Waals surface area contributed by atoms with E-state index in [1.54, 1.807) is 0 Å². The summed E-state index contributed by atoms with van der Waals surface area (Å²) in [5, 5.41) is 5.74. The summed E-state index contributed by atoms with van der Waals surface area (Å²) in [6.45, 7) is 5.60. The lowest BCUT2D eigenvalue weighted by atomic mass is 9.98. The Kier molecular flexibility index (Phi) is 4.97. The van der Waals surface area contributed by atoms with Crippen LogP contribution in [0.5, 0.6) is 0 Å². The highest BCUT2D eigenvalue weighted by Gasteiger charge is 2.08. The van der Waals surface area contributed by atoms with E-state index in [1.807, 2.05) is 11.3 Å². The van der Waals surface area contributed by atoms with E-state index in [0.29, 0.717) is 12.0 Å². The first-order valence-electron chi connectivity index (χ1n) is 6.59. The molecule has 1 N–H and O–H groups in total. The Morgan fingerprint density at radius 3 is 2.50 bits per heavy atom. The summed E-state index contributed by atoms with van der Waals surface area (Å²) in [4.78, 5) is 1.42. The first-order valence-corrected chi connectivity index (χ1v) is 7.47. The van der Waals surface area contributed by atoms with Gasteiger partial charge in [0.2, 0.25) is 0 Å². The fourth-order valence-corrected chi connectivity index (χ4v) is 2.86. The van der Waals surface area contributed by atoms with Gasteiger partial charge < -0.3 is 5.32 Å². The molecule has 0 amide bonds. The number of hydrogen-bond acceptors (Lipinski definition) is 2. The standard InChI is InChI=1S/C16H21NS/c1-13(15-7-4-3-5-8-15)10-11-17-14(2)16-9-6-12-18-16/h3-9,12-14,17H,10-11H2,1-2H3/t13?,14-/m1/s1. The maximum absolute atomic E-state index is 3.60. The van der Waals surface area contributed by atoms with Gasteiger partial charge in [-0.2, -0.15) is 0 Å². The van der Waals surface area contributed by atoms with Crippen molar-refractivity contribution in [3.05, 3.63) is 58.3 Å². The van der Waals surface area contributed by atoms with Gasteiger partial charge in [-0.1, -0.05) is 43.3 Å². The van der Waals surface area contributed by atoms with Crippen LogP contribution >= 0.6 is 11.3 Å². The Hall–Kier alpha value is -1.12. The second-order valence-corrected chi connectivity index (χ2v) is 5.77. The highest BCUT2D eigenvalue weighted by atomic mass is 32.1. The summed E-state index contributed by atoms with van der Waals surface area (Å²) in [7, 11) is 0. The van der Waals surface area contributed by atoms with Crippen LogP contribution in [0.25, 0.3) is 0 Å². The molecule has 2 atom stereocenters. The van der Waals surface area contributed by atoms with Gasteiger partial charge in [0.05, 0.1) is 0 Å². The van der Waals surface area contributed by atoms with Gasteiger partial charge in [-0.05, 0) is 42.8 Å². The van der Waals surface area contributed by atoms with Crippen molar-refractivity contribution >= 4 is 11.3 Å². The molecule has 0 aliphatic rings. The third-order valence-corrected chi connectivity index (χ3v) is 4.42. The first-order chi connectivity index (χ1) is 8.77. The molecule has 0 fully saturated rings. The van der Waals surface area contributed by atoms with Crippen LogP contribution < -0.4 is 5.32 Å². The normalized spacial score (nSPS) is 14.3. The average molecular weight is 259 g/mol. The molecule has 1 aromatic carbocycles. The molecule has 1 aromatic heterocycles. The van der Waals surface area contributed by atoms with E-state index in [4.69, 9.17) is 0 Å². The maximum Gasteiger partial charge on any atom is 0.0386 e. The molecule has 0 aliphatic carbocycles. The van der Waals surface area contributed by atoms with E-state index in [0.717, 1.165) is 6.54 Å². The summed E-state index contributed by atoms with van der Waals surface area (Å²) in [6.07, 6.45) is 1.18. The minimum Gasteiger partial charge on any atom is -0.309 e. The second kappa shape index (κ2) is 6.72. The van der Waals surface area contributed by atoms with Gasteiger partial charge in [-0.15, -0.1) is 11.3 Å². The number of thiophene rings is 1. The Morgan fingerprint density at radius 1 is 1.06 bits per heavy atom. The molecule has 2 aromatic rings. The highest BCUT2D eigenvalue weighted by Crippen LogP contribution is 2.20. The van der Waals surface area contributed by atoms with Crippen molar-refractivity contribution in [2.45, 2.75) is 32.2 Å². The molecule has 1 nitrogen and oxygen atoms in total. The minimum absolute atomic E-state index is 0.466. The van der Waals surface area contributed by atoms with Crippen molar-refractivity contribution in [2.75, 3.05) is 6.54 Å². The number of hydrogen-bond donors (Lipinski definition) is 1.